The molecular weight excluding hydrogens is 589 g/mol. The summed E-state index contributed by atoms with van der Waals surface area (Å²) in [6, 6.07) is 14.7. The number of carbonyl (C=O) groups is 1. The number of nitrogens with zero attached hydrogens (tertiary/aromatic N) is 2. The summed E-state index contributed by atoms with van der Waals surface area (Å²) in [6.45, 7) is 9.59. The Labute approximate surface area is 240 Å². The fourth-order valence-corrected chi connectivity index (χ4v) is 6.14. The molecule has 3 heterocycles. The van der Waals surface area contributed by atoms with Gasteiger partial charge >= 0.3 is 6.09 Å². The van der Waals surface area contributed by atoms with E-state index in [4.69, 9.17) is 9.47 Å². The predicted molar refractivity (Wildman–Crippen MR) is 161 cm³/mol. The predicted octanol–water partition coefficient (Wildman–Crippen LogP) is 7.10. The molecule has 0 spiro atoms. The fourth-order valence-electron chi connectivity index (χ4n) is 5.66. The minimum Gasteiger partial charge on any atom is -0.494 e. The van der Waals surface area contributed by atoms with Crippen molar-refractivity contribution in [2.24, 2.45) is 5.92 Å². The van der Waals surface area contributed by atoms with E-state index in [1.165, 1.54) is 55.4 Å². The van der Waals surface area contributed by atoms with E-state index in [9.17, 15) is 4.79 Å². The molecule has 3 aromatic rings. The molecule has 204 valence electrons. The molecule has 6 nitrogen and oxygen atoms in total. The van der Waals surface area contributed by atoms with Gasteiger partial charge in [-0.2, -0.15) is 0 Å². The van der Waals surface area contributed by atoms with Crippen LogP contribution in [0.2, 0.25) is 0 Å². The number of aromatic nitrogens is 1. The molecule has 0 bridgehead atoms. The Morgan fingerprint density at radius 3 is 2.61 bits per heavy atom. The lowest BCUT2D eigenvalue weighted by molar-refractivity contribution is 0.0797. The van der Waals surface area contributed by atoms with Gasteiger partial charge in [0, 0.05) is 27.6 Å². The summed E-state index contributed by atoms with van der Waals surface area (Å²) in [7, 11) is 0. The van der Waals surface area contributed by atoms with Crippen LogP contribution in [-0.4, -0.2) is 60.3 Å². The zero-order valence-electron chi connectivity index (χ0n) is 22.7. The standard InChI is InChI=1S/C31H40IN3O3/c1-22(2)21-38-31(36)35-17-13-26-27-19-23(20-32)7-12-28(27)33-29(26)30(35)24-8-10-25(11-9-24)37-18-6-5-16-34-14-3-4-15-34/h7-12,19,22,30,33H,3-6,13-18,20-21H2,1-2H3. The molecule has 1 N–H and O–H groups in total. The number of benzene rings is 2. The number of alkyl halides is 1. The second-order valence-corrected chi connectivity index (χ2v) is 11.8. The van der Waals surface area contributed by atoms with Crippen molar-refractivity contribution in [3.05, 3.63) is 64.8 Å². The topological polar surface area (TPSA) is 57.8 Å². The third-order valence-corrected chi connectivity index (χ3v) is 8.53. The molecule has 0 radical (unpaired) electrons. The highest BCUT2D eigenvalue weighted by atomic mass is 127. The number of likely N-dealkylation sites (tertiary alicyclic amines) is 1. The molecule has 1 fully saturated rings. The first-order valence-electron chi connectivity index (χ1n) is 14.1. The molecule has 1 aromatic heterocycles. The van der Waals surface area contributed by atoms with E-state index >= 15 is 0 Å². The van der Waals surface area contributed by atoms with Crippen molar-refractivity contribution >= 4 is 39.6 Å². The van der Waals surface area contributed by atoms with E-state index < -0.39 is 0 Å². The SMILES string of the molecule is CC(C)COC(=O)N1CCc2c([nH]c3ccc(CI)cc23)C1c1ccc(OCCCCN2CCCC2)cc1. The smallest absolute Gasteiger partial charge is 0.410 e. The van der Waals surface area contributed by atoms with Crippen LogP contribution in [0.1, 0.15) is 68.0 Å². The maximum atomic E-state index is 13.2. The number of carbonyl (C=O) groups excluding carboxylic acids is 1. The Kier molecular flexibility index (Phi) is 9.15. The highest BCUT2D eigenvalue weighted by Crippen LogP contribution is 2.39. The van der Waals surface area contributed by atoms with Crippen LogP contribution < -0.4 is 4.74 Å². The molecule has 5 rings (SSSR count). The number of nitrogens with one attached hydrogen (secondary N) is 1. The Morgan fingerprint density at radius 1 is 1.08 bits per heavy atom. The van der Waals surface area contributed by atoms with Crippen LogP contribution in [0.5, 0.6) is 5.75 Å². The van der Waals surface area contributed by atoms with Crippen molar-refractivity contribution in [1.29, 1.82) is 0 Å². The van der Waals surface area contributed by atoms with Gasteiger partial charge in [-0.25, -0.2) is 4.79 Å². The number of rotatable bonds is 10. The number of halogens is 1. The molecule has 1 atom stereocenters. The lowest BCUT2D eigenvalue weighted by Crippen LogP contribution is -2.41. The van der Waals surface area contributed by atoms with Crippen LogP contribution in [0.25, 0.3) is 10.9 Å². The van der Waals surface area contributed by atoms with Gasteiger partial charge in [0.1, 0.15) is 11.8 Å². The first kappa shape index (κ1) is 27.3. The van der Waals surface area contributed by atoms with Crippen LogP contribution >= 0.6 is 22.6 Å². The first-order valence-corrected chi connectivity index (χ1v) is 15.6. The number of hydrogen-bond donors (Lipinski definition) is 1. The highest BCUT2D eigenvalue weighted by Gasteiger charge is 2.35. The van der Waals surface area contributed by atoms with Crippen molar-refractivity contribution in [2.75, 3.05) is 39.4 Å². The molecule has 2 aromatic carbocycles. The molecule has 2 aliphatic heterocycles. The summed E-state index contributed by atoms with van der Waals surface area (Å²) in [6.07, 6.45) is 5.49. The number of amides is 1. The Bertz CT molecular complexity index is 1220. The van der Waals surface area contributed by atoms with Crippen LogP contribution in [0.15, 0.2) is 42.5 Å². The normalized spacial score (nSPS) is 17.8. The number of H-pyrrole nitrogens is 1. The first-order chi connectivity index (χ1) is 18.5. The van der Waals surface area contributed by atoms with Crippen molar-refractivity contribution in [3.63, 3.8) is 0 Å². The summed E-state index contributed by atoms with van der Waals surface area (Å²) >= 11 is 2.41. The quantitative estimate of drug-likeness (QED) is 0.148. The van der Waals surface area contributed by atoms with Gasteiger partial charge in [-0.1, -0.05) is 54.6 Å². The molecule has 1 unspecified atom stereocenters. The summed E-state index contributed by atoms with van der Waals surface area (Å²) in [5.41, 5.74) is 5.91. The van der Waals surface area contributed by atoms with E-state index in [1.54, 1.807) is 0 Å². The zero-order chi connectivity index (χ0) is 26.5. The molecular formula is C31H40IN3O3. The highest BCUT2D eigenvalue weighted by molar-refractivity contribution is 14.1. The van der Waals surface area contributed by atoms with Gasteiger partial charge in [-0.3, -0.25) is 4.90 Å². The van der Waals surface area contributed by atoms with Gasteiger partial charge in [0.25, 0.3) is 0 Å². The minimum absolute atomic E-state index is 0.219. The van der Waals surface area contributed by atoms with Gasteiger partial charge in [-0.05, 0) is 98.6 Å². The van der Waals surface area contributed by atoms with Gasteiger partial charge < -0.3 is 19.4 Å². The van der Waals surface area contributed by atoms with Crippen LogP contribution in [0.4, 0.5) is 4.79 Å². The Morgan fingerprint density at radius 2 is 1.87 bits per heavy atom. The van der Waals surface area contributed by atoms with Crippen molar-refractivity contribution in [3.8, 4) is 5.75 Å². The number of hydrogen-bond acceptors (Lipinski definition) is 4. The fraction of sp³-hybridized carbons (Fsp3) is 0.516. The van der Waals surface area contributed by atoms with E-state index in [2.05, 4.69) is 76.7 Å². The second kappa shape index (κ2) is 12.7. The van der Waals surface area contributed by atoms with E-state index in [1.807, 2.05) is 17.0 Å². The van der Waals surface area contributed by atoms with Gasteiger partial charge in [0.2, 0.25) is 0 Å². The van der Waals surface area contributed by atoms with Crippen LogP contribution in [-0.2, 0) is 15.6 Å². The van der Waals surface area contributed by atoms with Gasteiger partial charge in [0.05, 0.1) is 13.2 Å². The molecule has 0 saturated carbocycles. The van der Waals surface area contributed by atoms with E-state index in [0.29, 0.717) is 19.1 Å². The van der Waals surface area contributed by atoms with Crippen molar-refractivity contribution in [1.82, 2.24) is 14.8 Å². The molecule has 38 heavy (non-hydrogen) atoms. The second-order valence-electron chi connectivity index (χ2n) is 11.0. The summed E-state index contributed by atoms with van der Waals surface area (Å²) < 4.78 is 12.7. The molecule has 1 amide bonds. The number of aromatic amines is 1. The van der Waals surface area contributed by atoms with Crippen molar-refractivity contribution < 1.29 is 14.3 Å². The molecule has 7 heteroatoms. The van der Waals surface area contributed by atoms with Gasteiger partial charge in [0.15, 0.2) is 0 Å². The lowest BCUT2D eigenvalue weighted by atomic mass is 9.92. The van der Waals surface area contributed by atoms with Gasteiger partial charge in [-0.15, -0.1) is 0 Å². The monoisotopic (exact) mass is 629 g/mol. The summed E-state index contributed by atoms with van der Waals surface area (Å²) in [5.74, 6) is 1.17. The summed E-state index contributed by atoms with van der Waals surface area (Å²) in [4.78, 5) is 21.3. The lowest BCUT2D eigenvalue weighted by Gasteiger charge is -2.35. The minimum atomic E-state index is -0.251. The van der Waals surface area contributed by atoms with E-state index in [0.717, 1.165) is 46.4 Å². The third kappa shape index (κ3) is 6.30. The molecule has 1 saturated heterocycles. The zero-order valence-corrected chi connectivity index (χ0v) is 24.8. The number of ether oxygens (including phenoxy) is 2. The average molecular weight is 630 g/mol. The van der Waals surface area contributed by atoms with Crippen molar-refractivity contribution in [2.45, 2.75) is 56.4 Å². The Hall–Kier alpha value is -2.26. The third-order valence-electron chi connectivity index (χ3n) is 7.65. The van der Waals surface area contributed by atoms with Crippen LogP contribution in [0.3, 0.4) is 0 Å². The summed E-state index contributed by atoms with van der Waals surface area (Å²) in [5, 5.41) is 1.27. The number of unbranched alkanes of at least 4 members (excludes halogenated alkanes) is 1. The van der Waals surface area contributed by atoms with E-state index in [-0.39, 0.29) is 12.1 Å². The maximum absolute atomic E-state index is 13.2. The maximum Gasteiger partial charge on any atom is 0.410 e. The number of fused-ring (bicyclic) bond motifs is 3. The molecule has 0 aliphatic carbocycles. The largest absolute Gasteiger partial charge is 0.494 e. The van der Waals surface area contributed by atoms with Crippen LogP contribution in [0, 0.1) is 5.92 Å². The Balaban J connectivity index is 1.33. The average Bonchev–Trinajstić information content (AvgIpc) is 3.58. The molecule has 2 aliphatic rings.